The fourth-order valence-electron chi connectivity index (χ4n) is 0.733. The van der Waals surface area contributed by atoms with Crippen molar-refractivity contribution in [2.24, 2.45) is 5.84 Å². The summed E-state index contributed by atoms with van der Waals surface area (Å²) < 4.78 is 27.4. The minimum absolute atomic E-state index is 0. The molecule has 0 aliphatic heterocycles. The van der Waals surface area contributed by atoms with Gasteiger partial charge in [-0.25, -0.2) is 0 Å². The van der Waals surface area contributed by atoms with E-state index >= 15 is 0 Å². The SMILES string of the molecule is Cl.NNc1ccc(OC(F)F)cc1. The predicted molar refractivity (Wildman–Crippen MR) is 48.1 cm³/mol. The van der Waals surface area contributed by atoms with Crippen molar-refractivity contribution in [3.05, 3.63) is 24.3 Å². The number of nitrogens with one attached hydrogen (secondary N) is 1. The van der Waals surface area contributed by atoms with E-state index in [0.29, 0.717) is 5.69 Å². The van der Waals surface area contributed by atoms with Gasteiger partial charge in [0.15, 0.2) is 0 Å². The number of hydrogen-bond donors (Lipinski definition) is 2. The molecule has 3 nitrogen and oxygen atoms in total. The highest BCUT2D eigenvalue weighted by Gasteiger charge is 2.02. The molecule has 0 fully saturated rings. The second-order valence-corrected chi connectivity index (χ2v) is 2.05. The van der Waals surface area contributed by atoms with Gasteiger partial charge in [-0.15, -0.1) is 12.4 Å². The van der Waals surface area contributed by atoms with Crippen LogP contribution in [0.1, 0.15) is 0 Å². The molecule has 0 saturated carbocycles. The molecule has 1 aromatic rings. The summed E-state index contributed by atoms with van der Waals surface area (Å²) in [4.78, 5) is 0. The summed E-state index contributed by atoms with van der Waals surface area (Å²) in [6.07, 6.45) is 0. The summed E-state index contributed by atoms with van der Waals surface area (Å²) in [5, 5.41) is 0. The van der Waals surface area contributed by atoms with Crippen LogP contribution >= 0.6 is 12.4 Å². The summed E-state index contributed by atoms with van der Waals surface area (Å²) in [5.74, 6) is 5.18. The highest BCUT2D eigenvalue weighted by molar-refractivity contribution is 5.85. The monoisotopic (exact) mass is 210 g/mol. The zero-order chi connectivity index (χ0) is 8.97. The van der Waals surface area contributed by atoms with Gasteiger partial charge in [0, 0.05) is 5.69 Å². The van der Waals surface area contributed by atoms with Crippen molar-refractivity contribution >= 4 is 18.1 Å². The van der Waals surface area contributed by atoms with E-state index in [4.69, 9.17) is 5.84 Å². The predicted octanol–water partition coefficient (Wildman–Crippen LogP) is 2.00. The Morgan fingerprint density at radius 3 is 2.15 bits per heavy atom. The lowest BCUT2D eigenvalue weighted by Crippen LogP contribution is -2.06. The molecule has 0 aliphatic carbocycles. The van der Waals surface area contributed by atoms with Crippen LogP contribution in [0.25, 0.3) is 0 Å². The first-order valence-electron chi connectivity index (χ1n) is 3.24. The summed E-state index contributed by atoms with van der Waals surface area (Å²) in [5.41, 5.74) is 3.00. The Bertz CT molecular complexity index is 243. The Balaban J connectivity index is 0.00000144. The number of benzene rings is 1. The highest BCUT2D eigenvalue weighted by atomic mass is 35.5. The fourth-order valence-corrected chi connectivity index (χ4v) is 0.733. The van der Waals surface area contributed by atoms with E-state index in [1.54, 1.807) is 0 Å². The molecular formula is C7H9ClF2N2O. The van der Waals surface area contributed by atoms with Gasteiger partial charge in [-0.3, -0.25) is 5.84 Å². The van der Waals surface area contributed by atoms with Crippen LogP contribution in [0.3, 0.4) is 0 Å². The number of nitrogen functional groups attached to an aromatic ring is 1. The van der Waals surface area contributed by atoms with Gasteiger partial charge in [0.05, 0.1) is 0 Å². The smallest absolute Gasteiger partial charge is 0.387 e. The van der Waals surface area contributed by atoms with Gasteiger partial charge in [0.2, 0.25) is 0 Å². The first-order valence-corrected chi connectivity index (χ1v) is 3.24. The van der Waals surface area contributed by atoms with Crippen molar-refractivity contribution < 1.29 is 13.5 Å². The van der Waals surface area contributed by atoms with Gasteiger partial charge in [0.1, 0.15) is 5.75 Å². The Kier molecular flexibility index (Phi) is 5.10. The second-order valence-electron chi connectivity index (χ2n) is 2.05. The van der Waals surface area contributed by atoms with E-state index in [2.05, 4.69) is 10.2 Å². The van der Waals surface area contributed by atoms with Gasteiger partial charge in [0.25, 0.3) is 0 Å². The van der Waals surface area contributed by atoms with Crippen LogP contribution in [-0.4, -0.2) is 6.61 Å². The molecule has 0 bridgehead atoms. The number of hydrazine groups is 1. The average molecular weight is 211 g/mol. The Hall–Kier alpha value is -1.07. The molecule has 0 aliphatic rings. The summed E-state index contributed by atoms with van der Waals surface area (Å²) in [7, 11) is 0. The van der Waals surface area contributed by atoms with Crippen LogP contribution in [0.5, 0.6) is 5.75 Å². The molecule has 3 N–H and O–H groups in total. The Morgan fingerprint density at radius 1 is 1.23 bits per heavy atom. The van der Waals surface area contributed by atoms with Crippen molar-refractivity contribution in [3.8, 4) is 5.75 Å². The largest absolute Gasteiger partial charge is 0.435 e. The normalized spacial score (nSPS) is 9.23. The van der Waals surface area contributed by atoms with E-state index in [-0.39, 0.29) is 18.2 Å². The molecule has 1 aromatic carbocycles. The van der Waals surface area contributed by atoms with Crippen molar-refractivity contribution in [2.75, 3.05) is 5.43 Å². The van der Waals surface area contributed by atoms with Gasteiger partial charge in [-0.05, 0) is 24.3 Å². The maximum absolute atomic E-state index is 11.6. The number of nitrogens with two attached hydrogens (primary N) is 1. The van der Waals surface area contributed by atoms with Crippen LogP contribution in [0.2, 0.25) is 0 Å². The van der Waals surface area contributed by atoms with Crippen molar-refractivity contribution in [1.29, 1.82) is 0 Å². The Morgan fingerprint density at radius 2 is 1.77 bits per heavy atom. The Labute approximate surface area is 80.3 Å². The minimum atomic E-state index is -2.79. The third kappa shape index (κ3) is 3.91. The number of rotatable bonds is 3. The van der Waals surface area contributed by atoms with E-state index < -0.39 is 6.61 Å². The van der Waals surface area contributed by atoms with Crippen LogP contribution in [0.15, 0.2) is 24.3 Å². The van der Waals surface area contributed by atoms with Crippen LogP contribution in [0, 0.1) is 0 Å². The lowest BCUT2D eigenvalue weighted by Gasteiger charge is -2.04. The van der Waals surface area contributed by atoms with Crippen LogP contribution in [0.4, 0.5) is 14.5 Å². The maximum atomic E-state index is 11.6. The second kappa shape index (κ2) is 5.55. The number of hydrogen-bond acceptors (Lipinski definition) is 3. The minimum Gasteiger partial charge on any atom is -0.435 e. The highest BCUT2D eigenvalue weighted by Crippen LogP contribution is 2.16. The van der Waals surface area contributed by atoms with Crippen LogP contribution in [-0.2, 0) is 0 Å². The molecule has 0 radical (unpaired) electrons. The van der Waals surface area contributed by atoms with Gasteiger partial charge < -0.3 is 10.2 Å². The summed E-state index contributed by atoms with van der Waals surface area (Å²) in [6, 6.07) is 5.89. The molecule has 0 saturated heterocycles. The number of anilines is 1. The quantitative estimate of drug-likeness (QED) is 0.593. The van der Waals surface area contributed by atoms with E-state index in [0.717, 1.165) is 0 Å². The zero-order valence-electron chi connectivity index (χ0n) is 6.54. The third-order valence-electron chi connectivity index (χ3n) is 1.25. The molecule has 0 atom stereocenters. The number of alkyl halides is 2. The summed E-state index contributed by atoms with van der Waals surface area (Å²) in [6.45, 7) is -2.79. The van der Waals surface area contributed by atoms with Gasteiger partial charge in [-0.2, -0.15) is 8.78 Å². The topological polar surface area (TPSA) is 47.3 Å². The van der Waals surface area contributed by atoms with Crippen molar-refractivity contribution in [3.63, 3.8) is 0 Å². The molecular weight excluding hydrogens is 202 g/mol. The lowest BCUT2D eigenvalue weighted by atomic mass is 10.3. The summed E-state index contributed by atoms with van der Waals surface area (Å²) >= 11 is 0. The average Bonchev–Trinajstić information content (AvgIpc) is 2.05. The molecule has 6 heteroatoms. The fraction of sp³-hybridized carbons (Fsp3) is 0.143. The van der Waals surface area contributed by atoms with E-state index in [1.165, 1.54) is 24.3 Å². The van der Waals surface area contributed by atoms with Gasteiger partial charge in [-0.1, -0.05) is 0 Å². The van der Waals surface area contributed by atoms with E-state index in [9.17, 15) is 8.78 Å². The van der Waals surface area contributed by atoms with E-state index in [1.807, 2.05) is 0 Å². The molecule has 1 rings (SSSR count). The first-order chi connectivity index (χ1) is 5.72. The van der Waals surface area contributed by atoms with Crippen molar-refractivity contribution in [1.82, 2.24) is 0 Å². The molecule has 74 valence electrons. The molecule has 0 spiro atoms. The zero-order valence-corrected chi connectivity index (χ0v) is 7.35. The molecule has 0 aromatic heterocycles. The maximum Gasteiger partial charge on any atom is 0.387 e. The molecule has 0 amide bonds. The number of ether oxygens (including phenoxy) is 1. The standard InChI is InChI=1S/C7H8F2N2O.ClH/c8-7(9)12-6-3-1-5(11-10)2-4-6;/h1-4,7,11H,10H2;1H. The first kappa shape index (κ1) is 11.9. The number of halogens is 3. The molecule has 13 heavy (non-hydrogen) atoms. The van der Waals surface area contributed by atoms with Gasteiger partial charge >= 0.3 is 6.61 Å². The lowest BCUT2D eigenvalue weighted by molar-refractivity contribution is -0.0498. The van der Waals surface area contributed by atoms with Crippen molar-refractivity contribution in [2.45, 2.75) is 6.61 Å². The molecule has 0 heterocycles. The molecule has 0 unspecified atom stereocenters. The van der Waals surface area contributed by atoms with Crippen LogP contribution < -0.4 is 16.0 Å². The third-order valence-corrected chi connectivity index (χ3v) is 1.25.